The van der Waals surface area contributed by atoms with Crippen molar-refractivity contribution < 1.29 is 18.9 Å². The molecule has 6 nitrogen and oxygen atoms in total. The summed E-state index contributed by atoms with van der Waals surface area (Å²) in [6.45, 7) is 7.43. The van der Waals surface area contributed by atoms with Crippen molar-refractivity contribution in [3.63, 3.8) is 0 Å². The first-order valence-electron chi connectivity index (χ1n) is 12.3. The molecule has 0 radical (unpaired) electrons. The molecule has 176 valence electrons. The van der Waals surface area contributed by atoms with Gasteiger partial charge in [0.1, 0.15) is 18.1 Å². The molecular formula is C27H34N2O4. The molecular weight excluding hydrogens is 416 g/mol. The molecule has 2 atom stereocenters. The van der Waals surface area contributed by atoms with Gasteiger partial charge in [0, 0.05) is 41.2 Å². The summed E-state index contributed by atoms with van der Waals surface area (Å²) < 4.78 is 26.4. The molecule has 2 aromatic heterocycles. The molecule has 2 aliphatic heterocycles. The van der Waals surface area contributed by atoms with Crippen LogP contribution in [0.15, 0.2) is 36.7 Å². The van der Waals surface area contributed by atoms with Crippen LogP contribution in [0.3, 0.4) is 0 Å². The number of ether oxygens (including phenoxy) is 4. The Labute approximate surface area is 195 Å². The van der Waals surface area contributed by atoms with Gasteiger partial charge in [-0.15, -0.1) is 0 Å². The lowest BCUT2D eigenvalue weighted by molar-refractivity contribution is -0.0304. The molecule has 0 spiro atoms. The Morgan fingerprint density at radius 1 is 1.03 bits per heavy atom. The summed E-state index contributed by atoms with van der Waals surface area (Å²) in [5.74, 6) is 0.858. The van der Waals surface area contributed by atoms with Crippen LogP contribution in [0.1, 0.15) is 50.6 Å². The highest BCUT2D eigenvalue weighted by Gasteiger charge is 2.25. The predicted molar refractivity (Wildman–Crippen MR) is 129 cm³/mol. The van der Waals surface area contributed by atoms with Crippen molar-refractivity contribution >= 4 is 10.9 Å². The van der Waals surface area contributed by atoms with Crippen molar-refractivity contribution in [1.29, 1.82) is 0 Å². The zero-order valence-corrected chi connectivity index (χ0v) is 19.7. The monoisotopic (exact) mass is 450 g/mol. The highest BCUT2D eigenvalue weighted by atomic mass is 16.5. The minimum atomic E-state index is -0.0433. The van der Waals surface area contributed by atoms with Crippen LogP contribution in [0, 0.1) is 0 Å². The quantitative estimate of drug-likeness (QED) is 0.529. The first-order valence-corrected chi connectivity index (χ1v) is 12.3. The fourth-order valence-corrected chi connectivity index (χ4v) is 5.03. The summed E-state index contributed by atoms with van der Waals surface area (Å²) in [5.41, 5.74) is 6.04. The second kappa shape index (κ2) is 10.2. The van der Waals surface area contributed by atoms with E-state index in [1.165, 1.54) is 34.1 Å². The van der Waals surface area contributed by atoms with E-state index in [0.717, 1.165) is 43.6 Å². The van der Waals surface area contributed by atoms with Gasteiger partial charge in [0.2, 0.25) is 0 Å². The molecule has 2 unspecified atom stereocenters. The standard InChI is InChI=1S/C27H34N2O4/c1-3-24-27-21-14-20(16-28-17-21)9-11-30-12-13-31-18-19(2)33-22-7-8-25(23(27)15-22)29(24)26-6-4-5-10-32-26/h7-8,14-17,19,26H,3-6,9-13,18H2,1-2H3. The Bertz CT molecular complexity index is 1090. The lowest BCUT2D eigenvalue weighted by Gasteiger charge is -2.27. The van der Waals surface area contributed by atoms with Gasteiger partial charge >= 0.3 is 0 Å². The van der Waals surface area contributed by atoms with E-state index in [2.05, 4.69) is 40.7 Å². The molecule has 1 aromatic carbocycles. The van der Waals surface area contributed by atoms with E-state index in [0.29, 0.717) is 26.4 Å². The van der Waals surface area contributed by atoms with E-state index in [1.807, 2.05) is 19.3 Å². The molecule has 5 rings (SSSR count). The van der Waals surface area contributed by atoms with Crippen LogP contribution in [-0.2, 0) is 27.1 Å². The third-order valence-corrected chi connectivity index (χ3v) is 6.54. The SMILES string of the molecule is CCc1c2c3cc(ccc3n1C1CCCCO1)OC(C)COCCOCCc1cncc-2c1. The van der Waals surface area contributed by atoms with Crippen LogP contribution < -0.4 is 4.74 Å². The van der Waals surface area contributed by atoms with Crippen molar-refractivity contribution in [1.82, 2.24) is 9.55 Å². The van der Waals surface area contributed by atoms with E-state index in [9.17, 15) is 0 Å². The number of fused-ring (bicyclic) bond motifs is 4. The Balaban J connectivity index is 1.68. The van der Waals surface area contributed by atoms with Crippen molar-refractivity contribution in [2.45, 2.75) is 58.3 Å². The third-order valence-electron chi connectivity index (χ3n) is 6.54. The third kappa shape index (κ3) is 4.79. The fraction of sp³-hybridized carbons (Fsp3) is 0.519. The maximum Gasteiger partial charge on any atom is 0.134 e. The van der Waals surface area contributed by atoms with Gasteiger partial charge < -0.3 is 23.5 Å². The molecule has 1 saturated heterocycles. The molecule has 4 heterocycles. The molecule has 2 aliphatic rings. The molecule has 4 bridgehead atoms. The molecule has 0 saturated carbocycles. The van der Waals surface area contributed by atoms with E-state index in [1.54, 1.807) is 0 Å². The van der Waals surface area contributed by atoms with Gasteiger partial charge in [0.25, 0.3) is 0 Å². The lowest BCUT2D eigenvalue weighted by atomic mass is 10.0. The Kier molecular flexibility index (Phi) is 6.95. The van der Waals surface area contributed by atoms with Crippen LogP contribution in [0.4, 0.5) is 0 Å². The van der Waals surface area contributed by atoms with Crippen molar-refractivity contribution in [3.05, 3.63) is 47.9 Å². The fourth-order valence-electron chi connectivity index (χ4n) is 5.03. The summed E-state index contributed by atoms with van der Waals surface area (Å²) in [6.07, 6.45) is 9.07. The molecule has 0 amide bonds. The average molecular weight is 451 g/mol. The first kappa shape index (κ1) is 22.4. The minimum absolute atomic E-state index is 0.0433. The molecule has 0 aliphatic carbocycles. The van der Waals surface area contributed by atoms with Crippen molar-refractivity contribution in [2.24, 2.45) is 0 Å². The topological polar surface area (TPSA) is 54.7 Å². The van der Waals surface area contributed by atoms with Crippen LogP contribution in [0.5, 0.6) is 5.75 Å². The van der Waals surface area contributed by atoms with Crippen molar-refractivity contribution in [3.8, 4) is 16.9 Å². The van der Waals surface area contributed by atoms with Gasteiger partial charge in [0.15, 0.2) is 0 Å². The normalized spacial score (nSPS) is 22.4. The van der Waals surface area contributed by atoms with E-state index in [4.69, 9.17) is 18.9 Å². The van der Waals surface area contributed by atoms with Gasteiger partial charge in [-0.25, -0.2) is 0 Å². The number of hydrogen-bond acceptors (Lipinski definition) is 5. The first-order chi connectivity index (χ1) is 16.2. The molecule has 6 heteroatoms. The van der Waals surface area contributed by atoms with Crippen LogP contribution >= 0.6 is 0 Å². The zero-order chi connectivity index (χ0) is 22.6. The van der Waals surface area contributed by atoms with Gasteiger partial charge in [-0.05, 0) is 68.9 Å². The highest BCUT2D eigenvalue weighted by Crippen LogP contribution is 2.41. The summed E-state index contributed by atoms with van der Waals surface area (Å²) in [6, 6.07) is 8.70. The van der Waals surface area contributed by atoms with Gasteiger partial charge in [0.05, 0.1) is 31.9 Å². The summed E-state index contributed by atoms with van der Waals surface area (Å²) >= 11 is 0. The highest BCUT2D eigenvalue weighted by molar-refractivity contribution is 5.99. The van der Waals surface area contributed by atoms with Crippen molar-refractivity contribution in [2.75, 3.05) is 33.0 Å². The van der Waals surface area contributed by atoms with Crippen LogP contribution in [0.25, 0.3) is 22.0 Å². The Morgan fingerprint density at radius 2 is 1.94 bits per heavy atom. The average Bonchev–Trinajstić information content (AvgIpc) is 3.17. The number of aromatic nitrogens is 2. The van der Waals surface area contributed by atoms with Crippen LogP contribution in [-0.4, -0.2) is 48.7 Å². The maximum atomic E-state index is 6.26. The predicted octanol–water partition coefficient (Wildman–Crippen LogP) is 5.32. The minimum Gasteiger partial charge on any atom is -0.488 e. The largest absolute Gasteiger partial charge is 0.488 e. The Morgan fingerprint density at radius 3 is 2.79 bits per heavy atom. The smallest absolute Gasteiger partial charge is 0.134 e. The van der Waals surface area contributed by atoms with Gasteiger partial charge in [-0.1, -0.05) is 6.92 Å². The van der Waals surface area contributed by atoms with E-state index in [-0.39, 0.29) is 12.3 Å². The summed E-state index contributed by atoms with van der Waals surface area (Å²) in [7, 11) is 0. The second-order valence-electron chi connectivity index (χ2n) is 8.99. The molecule has 33 heavy (non-hydrogen) atoms. The molecule has 1 fully saturated rings. The number of nitrogens with zero attached hydrogens (tertiary/aromatic N) is 2. The van der Waals surface area contributed by atoms with Gasteiger partial charge in [-0.3, -0.25) is 4.98 Å². The van der Waals surface area contributed by atoms with E-state index < -0.39 is 0 Å². The summed E-state index contributed by atoms with van der Waals surface area (Å²) in [5, 5.41) is 1.19. The number of rotatable bonds is 2. The summed E-state index contributed by atoms with van der Waals surface area (Å²) in [4.78, 5) is 4.59. The number of hydrogen-bond donors (Lipinski definition) is 0. The van der Waals surface area contributed by atoms with E-state index >= 15 is 0 Å². The lowest BCUT2D eigenvalue weighted by Crippen LogP contribution is -2.21. The van der Waals surface area contributed by atoms with Crippen LogP contribution in [0.2, 0.25) is 0 Å². The maximum absolute atomic E-state index is 6.26. The molecule has 0 N–H and O–H groups in total. The van der Waals surface area contributed by atoms with Gasteiger partial charge in [-0.2, -0.15) is 0 Å². The number of pyridine rings is 1. The Hall–Kier alpha value is -2.41. The number of benzene rings is 1. The molecule has 3 aromatic rings. The zero-order valence-electron chi connectivity index (χ0n) is 19.7. The second-order valence-corrected chi connectivity index (χ2v) is 8.99.